The molecule has 0 atom stereocenters. The molecule has 23 heavy (non-hydrogen) atoms. The lowest BCUT2D eigenvalue weighted by molar-refractivity contribution is 0.344. The Morgan fingerprint density at radius 3 is 1.91 bits per heavy atom. The third kappa shape index (κ3) is 3.52. The van der Waals surface area contributed by atoms with Crippen molar-refractivity contribution in [1.29, 1.82) is 0 Å². The third-order valence-electron chi connectivity index (χ3n) is 3.95. The maximum atomic E-state index is 3.86. The lowest BCUT2D eigenvalue weighted by atomic mass is 10.2. The van der Waals surface area contributed by atoms with Crippen molar-refractivity contribution in [1.82, 2.24) is 4.90 Å². The molecular formula is C20H22N2S. The number of hydrogen-bond donors (Lipinski definition) is 0. The first-order valence-electron chi connectivity index (χ1n) is 7.91. The summed E-state index contributed by atoms with van der Waals surface area (Å²) < 4.78 is 0. The number of rotatable bonds is 7. The number of hydrogen-bond acceptors (Lipinski definition) is 3. The molecule has 0 N–H and O–H groups in total. The van der Waals surface area contributed by atoms with Gasteiger partial charge in [0.25, 0.3) is 0 Å². The Hall–Kier alpha value is -1.97. The normalized spacial score (nSPS) is 12.7. The van der Waals surface area contributed by atoms with Crippen molar-refractivity contribution >= 4 is 23.1 Å². The van der Waals surface area contributed by atoms with Crippen molar-refractivity contribution in [2.24, 2.45) is 0 Å². The van der Waals surface area contributed by atoms with Crippen molar-refractivity contribution in [3.8, 4) is 0 Å². The molecule has 1 aliphatic heterocycles. The Morgan fingerprint density at radius 1 is 0.870 bits per heavy atom. The summed E-state index contributed by atoms with van der Waals surface area (Å²) in [6, 6.07) is 17.3. The van der Waals surface area contributed by atoms with Crippen LogP contribution in [0.5, 0.6) is 0 Å². The minimum atomic E-state index is 0.887. The zero-order chi connectivity index (χ0) is 16.1. The van der Waals surface area contributed by atoms with Gasteiger partial charge in [-0.05, 0) is 24.3 Å². The van der Waals surface area contributed by atoms with Gasteiger partial charge in [-0.15, -0.1) is 13.2 Å². The average Bonchev–Trinajstić information content (AvgIpc) is 2.59. The molecule has 1 heterocycles. The molecule has 0 fully saturated rings. The zero-order valence-corrected chi connectivity index (χ0v) is 14.1. The van der Waals surface area contributed by atoms with Crippen molar-refractivity contribution in [2.45, 2.75) is 9.79 Å². The summed E-state index contributed by atoms with van der Waals surface area (Å²) in [6.45, 7) is 11.4. The second kappa shape index (κ2) is 7.53. The molecule has 0 spiro atoms. The highest BCUT2D eigenvalue weighted by atomic mass is 32.2. The van der Waals surface area contributed by atoms with E-state index in [1.807, 2.05) is 23.9 Å². The molecule has 0 unspecified atom stereocenters. The van der Waals surface area contributed by atoms with Crippen LogP contribution in [-0.4, -0.2) is 31.1 Å². The standard InChI is InChI=1S/C20H22N2S/c1-3-13-21(14-4-2)15-16-22-17-9-5-7-11-19(17)23-20-12-8-6-10-18(20)22/h3-12H,1-2,13-16H2. The van der Waals surface area contributed by atoms with E-state index in [4.69, 9.17) is 0 Å². The summed E-state index contributed by atoms with van der Waals surface area (Å²) in [5.41, 5.74) is 2.60. The Kier molecular flexibility index (Phi) is 5.21. The third-order valence-corrected chi connectivity index (χ3v) is 5.08. The Labute approximate surface area is 143 Å². The van der Waals surface area contributed by atoms with Crippen LogP contribution in [0.2, 0.25) is 0 Å². The molecule has 0 saturated carbocycles. The molecule has 0 amide bonds. The van der Waals surface area contributed by atoms with Crippen molar-refractivity contribution in [3.05, 3.63) is 73.8 Å². The zero-order valence-electron chi connectivity index (χ0n) is 13.3. The van der Waals surface area contributed by atoms with Gasteiger partial charge >= 0.3 is 0 Å². The van der Waals surface area contributed by atoms with Gasteiger partial charge in [0.15, 0.2) is 0 Å². The first-order chi connectivity index (χ1) is 11.3. The highest BCUT2D eigenvalue weighted by Crippen LogP contribution is 2.47. The van der Waals surface area contributed by atoms with Gasteiger partial charge in [0.1, 0.15) is 0 Å². The van der Waals surface area contributed by atoms with E-state index in [1.54, 1.807) is 0 Å². The largest absolute Gasteiger partial charge is 0.338 e. The molecule has 3 rings (SSSR count). The van der Waals surface area contributed by atoms with Crippen LogP contribution in [0.25, 0.3) is 0 Å². The second-order valence-corrected chi connectivity index (χ2v) is 6.61. The topological polar surface area (TPSA) is 6.48 Å². The van der Waals surface area contributed by atoms with E-state index < -0.39 is 0 Å². The molecule has 0 saturated heterocycles. The molecular weight excluding hydrogens is 300 g/mol. The Bertz CT molecular complexity index is 640. The number of para-hydroxylation sites is 2. The molecule has 0 aliphatic carbocycles. The van der Waals surface area contributed by atoms with Crippen LogP contribution < -0.4 is 4.90 Å². The van der Waals surface area contributed by atoms with Crippen LogP contribution in [0, 0.1) is 0 Å². The van der Waals surface area contributed by atoms with E-state index in [2.05, 4.69) is 71.5 Å². The van der Waals surface area contributed by atoms with E-state index in [1.165, 1.54) is 21.2 Å². The fraction of sp³-hybridized carbons (Fsp3) is 0.200. The molecule has 0 radical (unpaired) electrons. The predicted molar refractivity (Wildman–Crippen MR) is 101 cm³/mol. The lowest BCUT2D eigenvalue weighted by Gasteiger charge is -2.34. The van der Waals surface area contributed by atoms with Gasteiger partial charge in [-0.25, -0.2) is 0 Å². The van der Waals surface area contributed by atoms with Gasteiger partial charge in [-0.3, -0.25) is 4.90 Å². The highest BCUT2D eigenvalue weighted by Gasteiger charge is 2.22. The number of benzene rings is 2. The van der Waals surface area contributed by atoms with E-state index in [-0.39, 0.29) is 0 Å². The molecule has 2 aromatic carbocycles. The smallest absolute Gasteiger partial charge is 0.0553 e. The van der Waals surface area contributed by atoms with E-state index >= 15 is 0 Å². The van der Waals surface area contributed by atoms with Gasteiger partial charge in [0.05, 0.1) is 11.4 Å². The summed E-state index contributed by atoms with van der Waals surface area (Å²) in [4.78, 5) is 7.43. The van der Waals surface area contributed by atoms with E-state index in [0.29, 0.717) is 0 Å². The summed E-state index contributed by atoms with van der Waals surface area (Å²) in [5, 5.41) is 0. The molecule has 3 heteroatoms. The monoisotopic (exact) mass is 322 g/mol. The fourth-order valence-electron chi connectivity index (χ4n) is 2.89. The predicted octanol–water partition coefficient (Wildman–Crippen LogP) is 4.96. The molecule has 118 valence electrons. The fourth-order valence-corrected chi connectivity index (χ4v) is 3.98. The van der Waals surface area contributed by atoms with Crippen molar-refractivity contribution in [2.75, 3.05) is 31.1 Å². The molecule has 2 nitrogen and oxygen atoms in total. The first kappa shape index (κ1) is 15.9. The Balaban J connectivity index is 1.86. The van der Waals surface area contributed by atoms with Gasteiger partial charge < -0.3 is 4.90 Å². The Morgan fingerprint density at radius 2 is 1.39 bits per heavy atom. The van der Waals surface area contributed by atoms with Crippen LogP contribution >= 0.6 is 11.8 Å². The summed E-state index contributed by atoms with van der Waals surface area (Å²) >= 11 is 1.85. The van der Waals surface area contributed by atoms with Gasteiger partial charge in [0, 0.05) is 36.0 Å². The lowest BCUT2D eigenvalue weighted by Crippen LogP contribution is -2.34. The summed E-state index contributed by atoms with van der Waals surface area (Å²) in [5.74, 6) is 0. The number of fused-ring (bicyclic) bond motifs is 2. The van der Waals surface area contributed by atoms with Crippen LogP contribution in [0.4, 0.5) is 11.4 Å². The van der Waals surface area contributed by atoms with Crippen molar-refractivity contribution in [3.63, 3.8) is 0 Å². The first-order valence-corrected chi connectivity index (χ1v) is 8.72. The summed E-state index contributed by atoms with van der Waals surface area (Å²) in [6.07, 6.45) is 3.91. The molecule has 0 aromatic heterocycles. The number of anilines is 2. The van der Waals surface area contributed by atoms with E-state index in [0.717, 1.165) is 26.2 Å². The number of nitrogens with zero attached hydrogens (tertiary/aromatic N) is 2. The summed E-state index contributed by atoms with van der Waals surface area (Å²) in [7, 11) is 0. The maximum Gasteiger partial charge on any atom is 0.0553 e. The highest BCUT2D eigenvalue weighted by molar-refractivity contribution is 7.99. The van der Waals surface area contributed by atoms with Crippen LogP contribution in [0.15, 0.2) is 83.6 Å². The van der Waals surface area contributed by atoms with Gasteiger partial charge in [-0.1, -0.05) is 48.2 Å². The SMILES string of the molecule is C=CCN(CC=C)CCN1c2ccccc2Sc2ccccc21. The van der Waals surface area contributed by atoms with E-state index in [9.17, 15) is 0 Å². The average molecular weight is 322 g/mol. The minimum absolute atomic E-state index is 0.887. The van der Waals surface area contributed by atoms with Gasteiger partial charge in [0.2, 0.25) is 0 Å². The molecule has 1 aliphatic rings. The van der Waals surface area contributed by atoms with Crippen LogP contribution in [0.3, 0.4) is 0 Å². The quantitative estimate of drug-likeness (QED) is 0.665. The van der Waals surface area contributed by atoms with Crippen LogP contribution in [0.1, 0.15) is 0 Å². The van der Waals surface area contributed by atoms with Crippen LogP contribution in [-0.2, 0) is 0 Å². The molecule has 2 aromatic rings. The van der Waals surface area contributed by atoms with Crippen molar-refractivity contribution < 1.29 is 0 Å². The van der Waals surface area contributed by atoms with Gasteiger partial charge in [-0.2, -0.15) is 0 Å². The minimum Gasteiger partial charge on any atom is -0.338 e. The molecule has 0 bridgehead atoms. The second-order valence-electron chi connectivity index (χ2n) is 5.53. The maximum absolute atomic E-state index is 3.86.